The minimum absolute atomic E-state index is 0.0736. The zero-order valence-corrected chi connectivity index (χ0v) is 11.9. The van der Waals surface area contributed by atoms with Gasteiger partial charge in [0.05, 0.1) is 15.5 Å². The van der Waals surface area contributed by atoms with Gasteiger partial charge in [0.2, 0.25) is 0 Å². The van der Waals surface area contributed by atoms with E-state index >= 15 is 0 Å². The molecule has 0 amide bonds. The highest BCUT2D eigenvalue weighted by molar-refractivity contribution is 6.11. The summed E-state index contributed by atoms with van der Waals surface area (Å²) >= 11 is 0. The van der Waals surface area contributed by atoms with Crippen molar-refractivity contribution in [3.05, 3.63) is 74.3 Å². The van der Waals surface area contributed by atoms with E-state index in [1.807, 2.05) is 6.07 Å². The number of hydrogen-bond donors (Lipinski definition) is 0. The summed E-state index contributed by atoms with van der Waals surface area (Å²) in [4.78, 5) is 20.0. The number of nitrogens with zero attached hydrogens (tertiary/aromatic N) is 6. The fourth-order valence-electron chi connectivity index (χ4n) is 1.65. The summed E-state index contributed by atoms with van der Waals surface area (Å²) in [7, 11) is 0. The molecule has 0 unspecified atom stereocenters. The van der Waals surface area contributed by atoms with Gasteiger partial charge in [-0.05, 0) is 29.5 Å². The van der Waals surface area contributed by atoms with Crippen LogP contribution in [0.1, 0.15) is 5.56 Å². The Balaban J connectivity index is 2.17. The molecule has 0 aromatic heterocycles. The van der Waals surface area contributed by atoms with Gasteiger partial charge in [-0.1, -0.05) is 0 Å². The Morgan fingerprint density at radius 2 is 1.42 bits per heavy atom. The molecule has 0 atom stereocenters. The first-order valence-electron chi connectivity index (χ1n) is 6.39. The second-order valence-corrected chi connectivity index (χ2v) is 4.33. The predicted molar refractivity (Wildman–Crippen MR) is 82.9 cm³/mol. The molecule has 2 aromatic carbocycles. The van der Waals surface area contributed by atoms with Crippen molar-refractivity contribution < 1.29 is 9.85 Å². The maximum atomic E-state index is 10.6. The summed E-state index contributed by atoms with van der Waals surface area (Å²) in [6.07, 6.45) is 0. The van der Waals surface area contributed by atoms with E-state index in [0.717, 1.165) is 0 Å². The van der Waals surface area contributed by atoms with E-state index in [1.54, 1.807) is 0 Å². The van der Waals surface area contributed by atoms with Gasteiger partial charge in [-0.25, -0.2) is 0 Å². The molecule has 0 fully saturated rings. The van der Waals surface area contributed by atoms with Gasteiger partial charge >= 0.3 is 0 Å². The molecule has 0 aliphatic rings. The minimum Gasteiger partial charge on any atom is -0.258 e. The van der Waals surface area contributed by atoms with Crippen LogP contribution in [0.4, 0.5) is 17.1 Å². The lowest BCUT2D eigenvalue weighted by atomic mass is 10.1. The van der Waals surface area contributed by atoms with Crippen LogP contribution in [0.5, 0.6) is 0 Å². The zero-order chi connectivity index (χ0) is 17.5. The number of non-ortho nitro benzene ring substituents is 2. The molecule has 0 heterocycles. The van der Waals surface area contributed by atoms with Crippen molar-refractivity contribution in [3.63, 3.8) is 0 Å². The molecule has 0 N–H and O–H groups in total. The summed E-state index contributed by atoms with van der Waals surface area (Å²) in [6.45, 7) is 0. The molecule has 10 heteroatoms. The summed E-state index contributed by atoms with van der Waals surface area (Å²) in [5.41, 5.74) is 0.413. The number of nitriles is 1. The summed E-state index contributed by atoms with van der Waals surface area (Å²) in [6, 6.07) is 12.4. The van der Waals surface area contributed by atoms with E-state index in [2.05, 4.69) is 15.4 Å². The van der Waals surface area contributed by atoms with Gasteiger partial charge in [-0.3, -0.25) is 20.2 Å². The largest absolute Gasteiger partial charge is 0.269 e. The smallest absolute Gasteiger partial charge is 0.258 e. The number of nitro benzene ring substituents is 2. The van der Waals surface area contributed by atoms with Crippen LogP contribution in [0.25, 0.3) is 0 Å². The zero-order valence-electron chi connectivity index (χ0n) is 11.9. The molecule has 0 aliphatic heterocycles. The number of rotatable bonds is 5. The highest BCUT2D eigenvalue weighted by Gasteiger charge is 2.08. The number of nitro groups is 2. The lowest BCUT2D eigenvalue weighted by Gasteiger charge is -1.95. The summed E-state index contributed by atoms with van der Waals surface area (Å²) in [5, 5.41) is 41.1. The third-order valence-corrected chi connectivity index (χ3v) is 2.82. The maximum Gasteiger partial charge on any atom is 0.269 e. The number of benzene rings is 2. The molecule has 118 valence electrons. The van der Waals surface area contributed by atoms with Crippen molar-refractivity contribution in [1.82, 2.24) is 0 Å². The van der Waals surface area contributed by atoms with E-state index in [4.69, 9.17) is 5.26 Å². The third-order valence-electron chi connectivity index (χ3n) is 2.82. The molecule has 0 spiro atoms. The Hall–Kier alpha value is -4.00. The van der Waals surface area contributed by atoms with Crippen LogP contribution >= 0.6 is 0 Å². The molecule has 2 rings (SSSR count). The van der Waals surface area contributed by atoms with Crippen molar-refractivity contribution in [2.75, 3.05) is 0 Å². The number of hydrogen-bond acceptors (Lipinski definition) is 7. The molecule has 0 aliphatic carbocycles. The average molecular weight is 324 g/mol. The Morgan fingerprint density at radius 3 is 1.88 bits per heavy atom. The highest BCUT2D eigenvalue weighted by atomic mass is 16.6. The van der Waals surface area contributed by atoms with Crippen LogP contribution in [-0.4, -0.2) is 15.6 Å². The standard InChI is InChI=1S/C14H8N6O4/c15-9-14(10-1-5-12(6-2-10)19(21)22)17-18-16-11-3-7-13(8-4-11)20(23)24/h1-8H/b17-14+,18-16?. The summed E-state index contributed by atoms with van der Waals surface area (Å²) in [5.74, 6) is 0. The molecule has 0 saturated heterocycles. The van der Waals surface area contributed by atoms with Gasteiger partial charge in [0.1, 0.15) is 6.07 Å². The Labute approximate surface area is 134 Å². The van der Waals surface area contributed by atoms with E-state index in [9.17, 15) is 20.2 Å². The third kappa shape index (κ3) is 4.01. The molecular weight excluding hydrogens is 316 g/mol. The first-order chi connectivity index (χ1) is 11.5. The van der Waals surface area contributed by atoms with Crippen LogP contribution in [0.2, 0.25) is 0 Å². The highest BCUT2D eigenvalue weighted by Crippen LogP contribution is 2.18. The van der Waals surface area contributed by atoms with E-state index in [-0.39, 0.29) is 17.1 Å². The fraction of sp³-hybridized carbons (Fsp3) is 0. The van der Waals surface area contributed by atoms with Crippen LogP contribution in [0.3, 0.4) is 0 Å². The quantitative estimate of drug-likeness (QED) is 0.357. The molecule has 10 nitrogen and oxygen atoms in total. The van der Waals surface area contributed by atoms with Gasteiger partial charge in [0.25, 0.3) is 11.4 Å². The average Bonchev–Trinajstić information content (AvgIpc) is 2.59. The van der Waals surface area contributed by atoms with Crippen molar-refractivity contribution in [2.24, 2.45) is 15.4 Å². The lowest BCUT2D eigenvalue weighted by Crippen LogP contribution is -1.96. The van der Waals surface area contributed by atoms with E-state index in [1.165, 1.54) is 48.5 Å². The summed E-state index contributed by atoms with van der Waals surface area (Å²) < 4.78 is 0. The molecule has 0 radical (unpaired) electrons. The van der Waals surface area contributed by atoms with Gasteiger partial charge in [0.15, 0.2) is 5.71 Å². The van der Waals surface area contributed by atoms with Gasteiger partial charge in [-0.2, -0.15) is 5.26 Å². The minimum atomic E-state index is -0.554. The molecule has 0 bridgehead atoms. The van der Waals surface area contributed by atoms with Crippen molar-refractivity contribution in [3.8, 4) is 6.07 Å². The predicted octanol–water partition coefficient (Wildman–Crippen LogP) is 3.51. The van der Waals surface area contributed by atoms with E-state index in [0.29, 0.717) is 11.3 Å². The second kappa shape index (κ2) is 7.32. The Kier molecular flexibility index (Phi) is 4.99. The molecule has 24 heavy (non-hydrogen) atoms. The molecule has 2 aromatic rings. The van der Waals surface area contributed by atoms with Crippen LogP contribution in [0, 0.1) is 31.6 Å². The van der Waals surface area contributed by atoms with Gasteiger partial charge in [-0.15, -0.1) is 10.2 Å². The van der Waals surface area contributed by atoms with Gasteiger partial charge in [0, 0.05) is 29.8 Å². The van der Waals surface area contributed by atoms with Crippen LogP contribution in [0.15, 0.2) is 64.0 Å². The Bertz CT molecular complexity index is 866. The molecular formula is C14H8N6O4. The van der Waals surface area contributed by atoms with Gasteiger partial charge < -0.3 is 0 Å². The topological polar surface area (TPSA) is 147 Å². The first kappa shape index (κ1) is 16.4. The molecule has 0 saturated carbocycles. The first-order valence-corrected chi connectivity index (χ1v) is 6.39. The normalized spacial score (nSPS) is 11.2. The SMILES string of the molecule is N#C/C(=N\N=Nc1ccc([N+](=O)[O-])cc1)c1ccc([N+](=O)[O-])cc1. The van der Waals surface area contributed by atoms with Crippen LogP contribution in [-0.2, 0) is 0 Å². The second-order valence-electron chi connectivity index (χ2n) is 4.33. The monoisotopic (exact) mass is 324 g/mol. The lowest BCUT2D eigenvalue weighted by molar-refractivity contribution is -0.385. The van der Waals surface area contributed by atoms with Crippen molar-refractivity contribution in [1.29, 1.82) is 5.26 Å². The van der Waals surface area contributed by atoms with Crippen molar-refractivity contribution in [2.45, 2.75) is 0 Å². The van der Waals surface area contributed by atoms with Crippen LogP contribution < -0.4 is 0 Å². The Morgan fingerprint density at radius 1 is 0.917 bits per heavy atom. The maximum absolute atomic E-state index is 10.6. The fourth-order valence-corrected chi connectivity index (χ4v) is 1.65. The van der Waals surface area contributed by atoms with E-state index < -0.39 is 9.85 Å². The van der Waals surface area contributed by atoms with Crippen molar-refractivity contribution >= 4 is 22.8 Å².